The molecule has 1 heteroatoms. The van der Waals surface area contributed by atoms with Gasteiger partial charge in [0.05, 0.1) is 0 Å². The first-order valence-corrected chi connectivity index (χ1v) is 6.82. The van der Waals surface area contributed by atoms with Crippen LogP contribution in [0.5, 0.6) is 0 Å². The van der Waals surface area contributed by atoms with Crippen molar-refractivity contribution in [3.05, 3.63) is 77.9 Å². The molecule has 0 amide bonds. The normalized spacial score (nSPS) is 17.6. The zero-order chi connectivity index (χ0) is 13.5. The van der Waals surface area contributed by atoms with Crippen LogP contribution in [0.3, 0.4) is 0 Å². The molecule has 0 aliphatic heterocycles. The Bertz CT molecular complexity index is 518. The van der Waals surface area contributed by atoms with E-state index in [1.807, 2.05) is 13.0 Å². The van der Waals surface area contributed by atoms with Crippen molar-refractivity contribution in [2.75, 3.05) is 0 Å². The van der Waals surface area contributed by atoms with Gasteiger partial charge in [0.25, 0.3) is 0 Å². The van der Waals surface area contributed by atoms with E-state index in [-0.39, 0.29) is 6.04 Å². The molecule has 1 atom stereocenters. The van der Waals surface area contributed by atoms with Crippen LogP contribution in [0.15, 0.2) is 72.4 Å². The Kier molecular flexibility index (Phi) is 4.93. The summed E-state index contributed by atoms with van der Waals surface area (Å²) in [5.74, 6) is 0. The number of rotatable bonds is 4. The Labute approximate surface area is 115 Å². The largest absolute Gasteiger partial charge is 0.321 e. The summed E-state index contributed by atoms with van der Waals surface area (Å²) in [5.41, 5.74) is 10.0. The predicted octanol–water partition coefficient (Wildman–Crippen LogP) is 4.25. The van der Waals surface area contributed by atoms with E-state index in [9.17, 15) is 0 Å². The molecule has 1 nitrogen and oxygen atoms in total. The molecule has 1 unspecified atom stereocenters. The van der Waals surface area contributed by atoms with Gasteiger partial charge in [-0.25, -0.2) is 0 Å². The zero-order valence-corrected chi connectivity index (χ0v) is 11.4. The fraction of sp³-hybridized carbons (Fsp3) is 0.222. The lowest BCUT2D eigenvalue weighted by atomic mass is 9.95. The summed E-state index contributed by atoms with van der Waals surface area (Å²) >= 11 is 0. The molecule has 2 N–H and O–H groups in total. The Balaban J connectivity index is 2.26. The van der Waals surface area contributed by atoms with E-state index in [4.69, 9.17) is 5.73 Å². The van der Waals surface area contributed by atoms with Crippen molar-refractivity contribution in [1.82, 2.24) is 0 Å². The fourth-order valence-electron chi connectivity index (χ4n) is 2.26. The van der Waals surface area contributed by atoms with E-state index < -0.39 is 0 Å². The molecule has 0 spiro atoms. The average molecular weight is 251 g/mol. The first-order chi connectivity index (χ1) is 9.31. The number of hydrogen-bond acceptors (Lipinski definition) is 1. The van der Waals surface area contributed by atoms with Crippen molar-refractivity contribution in [3.8, 4) is 0 Å². The molecule has 1 aliphatic carbocycles. The van der Waals surface area contributed by atoms with Crippen molar-refractivity contribution < 1.29 is 0 Å². The smallest absolute Gasteiger partial charge is 0.0452 e. The highest BCUT2D eigenvalue weighted by atomic mass is 14.6. The van der Waals surface area contributed by atoms with Crippen LogP contribution < -0.4 is 5.73 Å². The molecule has 1 aliphatic rings. The highest BCUT2D eigenvalue weighted by Gasteiger charge is 2.09. The molecule has 0 saturated heterocycles. The van der Waals surface area contributed by atoms with Crippen LogP contribution in [0.4, 0.5) is 0 Å². The van der Waals surface area contributed by atoms with Gasteiger partial charge >= 0.3 is 0 Å². The number of allylic oxidation sites excluding steroid dienone is 6. The van der Waals surface area contributed by atoms with Crippen LogP contribution >= 0.6 is 0 Å². The van der Waals surface area contributed by atoms with Crippen molar-refractivity contribution >= 4 is 5.57 Å². The lowest BCUT2D eigenvalue weighted by molar-refractivity contribution is 0.835. The molecule has 98 valence electrons. The minimum absolute atomic E-state index is 0.00337. The summed E-state index contributed by atoms with van der Waals surface area (Å²) in [6.07, 6.45) is 14.9. The lowest BCUT2D eigenvalue weighted by Crippen LogP contribution is -2.21. The summed E-state index contributed by atoms with van der Waals surface area (Å²) in [6.45, 7) is 2.03. The molecule has 0 saturated carbocycles. The molecule has 0 fully saturated rings. The first kappa shape index (κ1) is 13.6. The van der Waals surface area contributed by atoms with Gasteiger partial charge in [-0.05, 0) is 36.5 Å². The summed E-state index contributed by atoms with van der Waals surface area (Å²) in [7, 11) is 0. The quantitative estimate of drug-likeness (QED) is 0.795. The first-order valence-electron chi connectivity index (χ1n) is 6.82. The SMILES string of the molecule is C/C=C/C(=C\C(N)C1=CC=CCC1)c1ccccc1. The standard InChI is InChI=1S/C18H21N/c1-2-9-17(15-10-5-3-6-11-15)14-18(19)16-12-7-4-8-13-16/h2-7,9-12,14,18H,8,13,19H2,1H3/b9-2+,17-14+. The van der Waals surface area contributed by atoms with Gasteiger partial charge in [-0.2, -0.15) is 0 Å². The molecule has 0 bridgehead atoms. The topological polar surface area (TPSA) is 26.0 Å². The second-order valence-corrected chi connectivity index (χ2v) is 4.72. The molecule has 1 aromatic carbocycles. The van der Waals surface area contributed by atoms with Crippen LogP contribution in [0.2, 0.25) is 0 Å². The molecule has 2 rings (SSSR count). The predicted molar refractivity (Wildman–Crippen MR) is 83.7 cm³/mol. The van der Waals surface area contributed by atoms with Crippen LogP contribution in [0, 0.1) is 0 Å². The summed E-state index contributed by atoms with van der Waals surface area (Å²) < 4.78 is 0. The van der Waals surface area contributed by atoms with Gasteiger partial charge in [0, 0.05) is 6.04 Å². The van der Waals surface area contributed by atoms with E-state index in [0.29, 0.717) is 0 Å². The van der Waals surface area contributed by atoms with Gasteiger partial charge in [0.15, 0.2) is 0 Å². The highest BCUT2D eigenvalue weighted by Crippen LogP contribution is 2.21. The third-order valence-electron chi connectivity index (χ3n) is 3.29. The Morgan fingerprint density at radius 3 is 2.68 bits per heavy atom. The van der Waals surface area contributed by atoms with Crippen LogP contribution in [-0.2, 0) is 0 Å². The van der Waals surface area contributed by atoms with E-state index in [1.54, 1.807) is 0 Å². The van der Waals surface area contributed by atoms with Crippen molar-refractivity contribution in [3.63, 3.8) is 0 Å². The monoisotopic (exact) mass is 251 g/mol. The lowest BCUT2D eigenvalue weighted by Gasteiger charge is -2.15. The van der Waals surface area contributed by atoms with Gasteiger partial charge in [-0.1, -0.05) is 66.8 Å². The zero-order valence-electron chi connectivity index (χ0n) is 11.4. The molecular formula is C18H21N. The molecule has 0 heterocycles. The van der Waals surface area contributed by atoms with E-state index >= 15 is 0 Å². The maximum Gasteiger partial charge on any atom is 0.0452 e. The van der Waals surface area contributed by atoms with E-state index in [1.165, 1.54) is 16.7 Å². The van der Waals surface area contributed by atoms with Gasteiger partial charge < -0.3 is 5.73 Å². The van der Waals surface area contributed by atoms with E-state index in [2.05, 4.69) is 60.7 Å². The molecule has 1 aromatic rings. The van der Waals surface area contributed by atoms with Crippen molar-refractivity contribution in [1.29, 1.82) is 0 Å². The maximum absolute atomic E-state index is 6.30. The van der Waals surface area contributed by atoms with Crippen molar-refractivity contribution in [2.24, 2.45) is 5.73 Å². The fourth-order valence-corrected chi connectivity index (χ4v) is 2.26. The second-order valence-electron chi connectivity index (χ2n) is 4.72. The van der Waals surface area contributed by atoms with Gasteiger partial charge in [0.2, 0.25) is 0 Å². The van der Waals surface area contributed by atoms with Crippen LogP contribution in [-0.4, -0.2) is 6.04 Å². The third kappa shape index (κ3) is 3.80. The summed E-state index contributed by atoms with van der Waals surface area (Å²) in [6, 6.07) is 10.4. The average Bonchev–Trinajstić information content (AvgIpc) is 2.48. The van der Waals surface area contributed by atoms with Crippen LogP contribution in [0.1, 0.15) is 25.3 Å². The Morgan fingerprint density at radius 2 is 2.05 bits per heavy atom. The number of benzene rings is 1. The van der Waals surface area contributed by atoms with Crippen LogP contribution in [0.25, 0.3) is 5.57 Å². The number of hydrogen-bond donors (Lipinski definition) is 1. The highest BCUT2D eigenvalue weighted by molar-refractivity contribution is 5.74. The van der Waals surface area contributed by atoms with Crippen molar-refractivity contribution in [2.45, 2.75) is 25.8 Å². The van der Waals surface area contributed by atoms with Gasteiger partial charge in [-0.15, -0.1) is 0 Å². The minimum Gasteiger partial charge on any atom is -0.321 e. The van der Waals surface area contributed by atoms with E-state index in [0.717, 1.165) is 12.8 Å². The van der Waals surface area contributed by atoms with Gasteiger partial charge in [-0.3, -0.25) is 0 Å². The molecule has 0 aromatic heterocycles. The number of nitrogens with two attached hydrogens (primary N) is 1. The summed E-state index contributed by atoms with van der Waals surface area (Å²) in [5, 5.41) is 0. The minimum atomic E-state index is -0.00337. The Hall–Kier alpha value is -1.86. The van der Waals surface area contributed by atoms with Gasteiger partial charge in [0.1, 0.15) is 0 Å². The molecular weight excluding hydrogens is 230 g/mol. The third-order valence-corrected chi connectivity index (χ3v) is 3.29. The summed E-state index contributed by atoms with van der Waals surface area (Å²) in [4.78, 5) is 0. The molecule has 0 radical (unpaired) electrons. The maximum atomic E-state index is 6.30. The molecule has 19 heavy (non-hydrogen) atoms. The second kappa shape index (κ2) is 6.91. The Morgan fingerprint density at radius 1 is 1.26 bits per heavy atom.